The Morgan fingerprint density at radius 2 is 1.94 bits per heavy atom. The highest BCUT2D eigenvalue weighted by atomic mass is 16.7. The van der Waals surface area contributed by atoms with Crippen molar-refractivity contribution >= 4 is 28.5 Å². The van der Waals surface area contributed by atoms with E-state index < -0.39 is 5.54 Å². The van der Waals surface area contributed by atoms with E-state index in [1.165, 1.54) is 0 Å². The Kier molecular flexibility index (Phi) is 6.24. The van der Waals surface area contributed by atoms with Gasteiger partial charge in [0.25, 0.3) is 0 Å². The molecule has 10 heteroatoms. The number of anilines is 1. The summed E-state index contributed by atoms with van der Waals surface area (Å²) in [6.07, 6.45) is 3.74. The van der Waals surface area contributed by atoms with Crippen LogP contribution in [0.5, 0.6) is 11.5 Å². The molecule has 10 nitrogen and oxygen atoms in total. The molecule has 2 aromatic heterocycles. The zero-order chi connectivity index (χ0) is 25.1. The topological polar surface area (TPSA) is 111 Å². The number of para-hydroxylation sites is 1. The minimum atomic E-state index is -1.17. The van der Waals surface area contributed by atoms with Crippen molar-refractivity contribution in [3.63, 3.8) is 0 Å². The molecule has 0 saturated heterocycles. The fourth-order valence-electron chi connectivity index (χ4n) is 4.17. The lowest BCUT2D eigenvalue weighted by atomic mass is 9.93. The first-order valence-corrected chi connectivity index (χ1v) is 11.7. The predicted molar refractivity (Wildman–Crippen MR) is 132 cm³/mol. The first kappa shape index (κ1) is 23.3. The number of aromatic nitrogens is 4. The van der Waals surface area contributed by atoms with Crippen molar-refractivity contribution in [2.75, 3.05) is 12.1 Å². The van der Waals surface area contributed by atoms with Crippen LogP contribution in [0.1, 0.15) is 25.8 Å². The molecule has 3 heterocycles. The molecule has 36 heavy (non-hydrogen) atoms. The number of fused-ring (bicyclic) bond motifs is 2. The molecule has 1 aliphatic heterocycles. The molecule has 4 aromatic rings. The lowest BCUT2D eigenvalue weighted by Gasteiger charge is -2.39. The molecule has 0 spiro atoms. The van der Waals surface area contributed by atoms with Crippen LogP contribution < -0.4 is 14.8 Å². The number of hydrogen-bond donors (Lipinski definition) is 1. The summed E-state index contributed by atoms with van der Waals surface area (Å²) in [5.41, 5.74) is 1.64. The molecule has 2 amide bonds. The molecule has 184 valence electrons. The van der Waals surface area contributed by atoms with E-state index in [0.717, 1.165) is 11.1 Å². The van der Waals surface area contributed by atoms with E-state index in [2.05, 4.69) is 20.6 Å². The first-order chi connectivity index (χ1) is 17.5. The summed E-state index contributed by atoms with van der Waals surface area (Å²) in [5.74, 6) is 0.608. The van der Waals surface area contributed by atoms with Crippen LogP contribution in [-0.2, 0) is 22.7 Å². The van der Waals surface area contributed by atoms with Gasteiger partial charge in [-0.25, -0.2) is 4.68 Å². The van der Waals surface area contributed by atoms with E-state index in [1.807, 2.05) is 37.3 Å². The molecule has 5 rings (SSSR count). The van der Waals surface area contributed by atoms with Crippen molar-refractivity contribution in [2.45, 2.75) is 38.9 Å². The SMILES string of the molecule is CC[C@](C)(C(=O)Nc1ccc2c(c1)OCO2)N(Cc1cccnc1)C(=O)Cn1nnc2ccccc21. The van der Waals surface area contributed by atoms with Crippen LogP contribution in [-0.4, -0.2) is 49.0 Å². The summed E-state index contributed by atoms with van der Waals surface area (Å²) in [6.45, 7) is 3.94. The Bertz CT molecular complexity index is 1410. The third kappa shape index (κ3) is 4.45. The molecule has 0 radical (unpaired) electrons. The van der Waals surface area contributed by atoms with Gasteiger partial charge in [0, 0.05) is 30.7 Å². The molecule has 0 bridgehead atoms. The van der Waals surface area contributed by atoms with Crippen LogP contribution in [0.2, 0.25) is 0 Å². The average molecular weight is 487 g/mol. The Labute approximate surface area is 207 Å². The van der Waals surface area contributed by atoms with E-state index in [9.17, 15) is 9.59 Å². The summed E-state index contributed by atoms with van der Waals surface area (Å²) in [4.78, 5) is 33.2. The Balaban J connectivity index is 1.44. The molecule has 0 unspecified atom stereocenters. The predicted octanol–water partition coefficient (Wildman–Crippen LogP) is 3.39. The van der Waals surface area contributed by atoms with Gasteiger partial charge in [-0.2, -0.15) is 0 Å². The van der Waals surface area contributed by atoms with Crippen molar-refractivity contribution in [3.8, 4) is 11.5 Å². The lowest BCUT2D eigenvalue weighted by molar-refractivity contribution is -0.146. The number of nitrogens with zero attached hydrogens (tertiary/aromatic N) is 5. The van der Waals surface area contributed by atoms with E-state index in [1.54, 1.807) is 53.2 Å². The van der Waals surface area contributed by atoms with Gasteiger partial charge >= 0.3 is 0 Å². The zero-order valence-corrected chi connectivity index (χ0v) is 20.0. The number of nitrogens with one attached hydrogen (secondary N) is 1. The number of carbonyl (C=O) groups is 2. The minimum Gasteiger partial charge on any atom is -0.454 e. The molecule has 1 aliphatic rings. The highest BCUT2D eigenvalue weighted by Gasteiger charge is 2.41. The van der Waals surface area contributed by atoms with Crippen LogP contribution >= 0.6 is 0 Å². The number of hydrogen-bond acceptors (Lipinski definition) is 7. The lowest BCUT2D eigenvalue weighted by Crippen LogP contribution is -2.57. The quantitative estimate of drug-likeness (QED) is 0.406. The summed E-state index contributed by atoms with van der Waals surface area (Å²) in [5, 5.41) is 11.3. The maximum Gasteiger partial charge on any atom is 0.250 e. The molecule has 0 fully saturated rings. The van der Waals surface area contributed by atoms with E-state index in [-0.39, 0.29) is 31.7 Å². The second-order valence-electron chi connectivity index (χ2n) is 8.73. The fourth-order valence-corrected chi connectivity index (χ4v) is 4.17. The highest BCUT2D eigenvalue weighted by Crippen LogP contribution is 2.35. The van der Waals surface area contributed by atoms with Crippen molar-refractivity contribution in [3.05, 3.63) is 72.6 Å². The van der Waals surface area contributed by atoms with Gasteiger partial charge < -0.3 is 19.7 Å². The molecule has 1 atom stereocenters. The molecule has 0 saturated carbocycles. The van der Waals surface area contributed by atoms with Gasteiger partial charge in [-0.3, -0.25) is 14.6 Å². The number of ether oxygens (including phenoxy) is 2. The van der Waals surface area contributed by atoms with Crippen LogP contribution in [0.15, 0.2) is 67.0 Å². The summed E-state index contributed by atoms with van der Waals surface area (Å²) >= 11 is 0. The highest BCUT2D eigenvalue weighted by molar-refractivity contribution is 6.00. The first-order valence-electron chi connectivity index (χ1n) is 11.7. The Hall–Kier alpha value is -4.47. The Morgan fingerprint density at radius 3 is 2.75 bits per heavy atom. The largest absolute Gasteiger partial charge is 0.454 e. The summed E-state index contributed by atoms with van der Waals surface area (Å²) in [6, 6.07) is 16.3. The number of pyridine rings is 1. The van der Waals surface area contributed by atoms with Gasteiger partial charge in [0.15, 0.2) is 11.5 Å². The van der Waals surface area contributed by atoms with E-state index in [4.69, 9.17) is 9.47 Å². The third-order valence-electron chi connectivity index (χ3n) is 6.47. The smallest absolute Gasteiger partial charge is 0.250 e. The number of benzene rings is 2. The maximum atomic E-state index is 13.8. The monoisotopic (exact) mass is 486 g/mol. The van der Waals surface area contributed by atoms with Gasteiger partial charge in [0.1, 0.15) is 17.6 Å². The van der Waals surface area contributed by atoms with Crippen molar-refractivity contribution < 1.29 is 19.1 Å². The normalized spacial score (nSPS) is 13.8. The zero-order valence-electron chi connectivity index (χ0n) is 20.0. The maximum absolute atomic E-state index is 13.8. The van der Waals surface area contributed by atoms with Gasteiger partial charge in [0.05, 0.1) is 5.52 Å². The molecular formula is C26H26N6O4. The van der Waals surface area contributed by atoms with Crippen molar-refractivity contribution in [1.29, 1.82) is 0 Å². The van der Waals surface area contributed by atoms with Crippen molar-refractivity contribution in [2.24, 2.45) is 0 Å². The number of rotatable bonds is 8. The second-order valence-corrected chi connectivity index (χ2v) is 8.73. The number of amides is 2. The van der Waals surface area contributed by atoms with Crippen LogP contribution in [0.25, 0.3) is 11.0 Å². The van der Waals surface area contributed by atoms with Crippen LogP contribution in [0.3, 0.4) is 0 Å². The molecular weight excluding hydrogens is 460 g/mol. The molecule has 0 aliphatic carbocycles. The number of carbonyl (C=O) groups excluding carboxylic acids is 2. The minimum absolute atomic E-state index is 0.0618. The molecule has 2 aromatic carbocycles. The Morgan fingerprint density at radius 1 is 1.11 bits per heavy atom. The van der Waals surface area contributed by atoms with Gasteiger partial charge in [-0.1, -0.05) is 30.3 Å². The van der Waals surface area contributed by atoms with Gasteiger partial charge in [-0.15, -0.1) is 5.10 Å². The van der Waals surface area contributed by atoms with E-state index >= 15 is 0 Å². The average Bonchev–Trinajstić information content (AvgIpc) is 3.54. The summed E-state index contributed by atoms with van der Waals surface area (Å²) < 4.78 is 12.3. The second kappa shape index (κ2) is 9.65. The van der Waals surface area contributed by atoms with Crippen molar-refractivity contribution in [1.82, 2.24) is 24.9 Å². The van der Waals surface area contributed by atoms with Gasteiger partial charge in [0.2, 0.25) is 18.6 Å². The molecule has 1 N–H and O–H groups in total. The third-order valence-corrected chi connectivity index (χ3v) is 6.47. The van der Waals surface area contributed by atoms with Crippen LogP contribution in [0, 0.1) is 0 Å². The summed E-state index contributed by atoms with van der Waals surface area (Å²) in [7, 11) is 0. The van der Waals surface area contributed by atoms with E-state index in [0.29, 0.717) is 29.1 Å². The standard InChI is InChI=1S/C26H26N6O4/c1-3-26(2,25(34)28-19-10-11-22-23(13-19)36-17-35-22)31(15-18-7-6-12-27-14-18)24(33)16-32-21-9-5-4-8-20(21)29-30-32/h4-14H,3,15-17H2,1-2H3,(H,28,34)/t26-/m1/s1. The van der Waals surface area contributed by atoms with Gasteiger partial charge in [-0.05, 0) is 49.2 Å². The fraction of sp³-hybridized carbons (Fsp3) is 0.269. The van der Waals surface area contributed by atoms with Crippen LogP contribution in [0.4, 0.5) is 5.69 Å².